The van der Waals surface area contributed by atoms with Gasteiger partial charge in [0.05, 0.1) is 29.1 Å². The molecule has 6 nitrogen and oxygen atoms in total. The third-order valence-electron chi connectivity index (χ3n) is 5.47. The van der Waals surface area contributed by atoms with E-state index >= 15 is 0 Å². The zero-order valence-corrected chi connectivity index (χ0v) is 19.4. The molecule has 0 bridgehead atoms. The van der Waals surface area contributed by atoms with Crippen LogP contribution in [0.5, 0.6) is 5.75 Å². The first kappa shape index (κ1) is 25.7. The Morgan fingerprint density at radius 1 is 0.969 bits per heavy atom. The van der Waals surface area contributed by atoms with E-state index in [9.17, 15) is 19.8 Å². The van der Waals surface area contributed by atoms with Crippen molar-refractivity contribution in [3.05, 3.63) is 53.3 Å². The van der Waals surface area contributed by atoms with Gasteiger partial charge in [0.2, 0.25) is 0 Å². The molecule has 3 N–H and O–H groups in total. The number of unbranched alkanes of at least 4 members (excludes halogenated alkanes) is 5. The molecule has 1 aromatic heterocycles. The predicted molar refractivity (Wildman–Crippen MR) is 126 cm³/mol. The monoisotopic (exact) mass is 459 g/mol. The van der Waals surface area contributed by atoms with Crippen LogP contribution in [-0.2, 0) is 22.4 Å². The first-order valence-electron chi connectivity index (χ1n) is 11.2. The molecule has 0 aliphatic heterocycles. The van der Waals surface area contributed by atoms with Gasteiger partial charge in [-0.05, 0) is 43.7 Å². The number of thioether (sulfide) groups is 1. The SMILES string of the molecule is CC(C(=O)O)c1ncc(O)c(SCCC(=O)O)c1CCCCCCCCc1ccccc1. The Balaban J connectivity index is 1.89. The molecule has 0 radical (unpaired) electrons. The van der Waals surface area contributed by atoms with Crippen molar-refractivity contribution in [1.82, 2.24) is 4.98 Å². The Bertz CT molecular complexity index is 872. The molecule has 0 spiro atoms. The van der Waals surface area contributed by atoms with E-state index in [-0.39, 0.29) is 12.2 Å². The number of aliphatic carboxylic acids is 2. The highest BCUT2D eigenvalue weighted by atomic mass is 32.2. The summed E-state index contributed by atoms with van der Waals surface area (Å²) in [6, 6.07) is 10.5. The molecule has 7 heteroatoms. The Morgan fingerprint density at radius 2 is 1.59 bits per heavy atom. The van der Waals surface area contributed by atoms with Gasteiger partial charge in [-0.1, -0.05) is 56.0 Å². The summed E-state index contributed by atoms with van der Waals surface area (Å²) in [6.45, 7) is 1.59. The molecule has 1 atom stereocenters. The van der Waals surface area contributed by atoms with Gasteiger partial charge in [-0.15, -0.1) is 11.8 Å². The molecule has 32 heavy (non-hydrogen) atoms. The number of carboxylic acid groups (broad SMARTS) is 2. The number of hydrogen-bond acceptors (Lipinski definition) is 5. The second-order valence-electron chi connectivity index (χ2n) is 8.00. The predicted octanol–water partition coefficient (Wildman–Crippen LogP) is 5.67. The average Bonchev–Trinajstić information content (AvgIpc) is 2.77. The van der Waals surface area contributed by atoms with Crippen molar-refractivity contribution in [2.45, 2.75) is 75.5 Å². The fraction of sp³-hybridized carbons (Fsp3) is 0.480. The smallest absolute Gasteiger partial charge is 0.312 e. The van der Waals surface area contributed by atoms with Crippen LogP contribution < -0.4 is 0 Å². The van der Waals surface area contributed by atoms with Crippen LogP contribution in [0.25, 0.3) is 0 Å². The van der Waals surface area contributed by atoms with Crippen LogP contribution in [-0.4, -0.2) is 38.0 Å². The number of rotatable bonds is 15. The third kappa shape index (κ3) is 8.54. The van der Waals surface area contributed by atoms with Gasteiger partial charge < -0.3 is 15.3 Å². The van der Waals surface area contributed by atoms with Crippen LogP contribution in [0.1, 0.15) is 74.6 Å². The lowest BCUT2D eigenvalue weighted by Crippen LogP contribution is -2.13. The Kier molecular flexibility index (Phi) is 11.1. The number of nitrogens with zero attached hydrogens (tertiary/aromatic N) is 1. The highest BCUT2D eigenvalue weighted by molar-refractivity contribution is 7.99. The van der Waals surface area contributed by atoms with Gasteiger partial charge in [-0.3, -0.25) is 14.6 Å². The molecule has 1 aromatic carbocycles. The number of aromatic hydroxyl groups is 1. The van der Waals surface area contributed by atoms with Crippen molar-refractivity contribution < 1.29 is 24.9 Å². The fourth-order valence-corrected chi connectivity index (χ4v) is 4.72. The topological polar surface area (TPSA) is 108 Å². The summed E-state index contributed by atoms with van der Waals surface area (Å²) in [5, 5.41) is 28.7. The minimum atomic E-state index is -0.968. The average molecular weight is 460 g/mol. The van der Waals surface area contributed by atoms with E-state index in [1.165, 1.54) is 36.4 Å². The van der Waals surface area contributed by atoms with E-state index < -0.39 is 17.9 Å². The second kappa shape index (κ2) is 13.8. The van der Waals surface area contributed by atoms with Crippen molar-refractivity contribution in [1.29, 1.82) is 0 Å². The zero-order valence-electron chi connectivity index (χ0n) is 18.6. The van der Waals surface area contributed by atoms with Gasteiger partial charge in [0.15, 0.2) is 0 Å². The fourth-order valence-electron chi connectivity index (χ4n) is 3.65. The molecule has 174 valence electrons. The van der Waals surface area contributed by atoms with Crippen molar-refractivity contribution >= 4 is 23.7 Å². The summed E-state index contributed by atoms with van der Waals surface area (Å²) in [5.41, 5.74) is 2.56. The Labute approximate surface area is 194 Å². The number of carbonyl (C=O) groups is 2. The molecule has 0 aliphatic rings. The minimum absolute atomic E-state index is 0.0161. The number of benzene rings is 1. The lowest BCUT2D eigenvalue weighted by Gasteiger charge is -2.17. The van der Waals surface area contributed by atoms with Crippen LogP contribution in [0.3, 0.4) is 0 Å². The largest absolute Gasteiger partial charge is 0.505 e. The summed E-state index contributed by atoms with van der Waals surface area (Å²) in [7, 11) is 0. The maximum absolute atomic E-state index is 11.5. The van der Waals surface area contributed by atoms with Gasteiger partial charge in [0.1, 0.15) is 5.75 Å². The summed E-state index contributed by atoms with van der Waals surface area (Å²) < 4.78 is 0. The summed E-state index contributed by atoms with van der Waals surface area (Å²) in [6.07, 6.45) is 9.46. The lowest BCUT2D eigenvalue weighted by atomic mass is 9.97. The molecule has 0 saturated carbocycles. The van der Waals surface area contributed by atoms with Gasteiger partial charge in [0, 0.05) is 5.75 Å². The van der Waals surface area contributed by atoms with Crippen LogP contribution in [0.2, 0.25) is 0 Å². The van der Waals surface area contributed by atoms with E-state index in [0.717, 1.165) is 37.7 Å². The zero-order chi connectivity index (χ0) is 23.3. The maximum atomic E-state index is 11.5. The van der Waals surface area contributed by atoms with Crippen molar-refractivity contribution in [3.8, 4) is 5.75 Å². The van der Waals surface area contributed by atoms with Crippen molar-refractivity contribution in [3.63, 3.8) is 0 Å². The molecular weight excluding hydrogens is 426 g/mol. The maximum Gasteiger partial charge on any atom is 0.312 e. The first-order valence-corrected chi connectivity index (χ1v) is 12.2. The van der Waals surface area contributed by atoms with Crippen LogP contribution in [0, 0.1) is 0 Å². The molecule has 0 amide bonds. The van der Waals surface area contributed by atoms with E-state index in [4.69, 9.17) is 5.11 Å². The normalized spacial score (nSPS) is 11.9. The molecule has 0 fully saturated rings. The van der Waals surface area contributed by atoms with Gasteiger partial charge in [-0.2, -0.15) is 0 Å². The van der Waals surface area contributed by atoms with E-state index in [1.807, 2.05) is 6.07 Å². The van der Waals surface area contributed by atoms with Gasteiger partial charge in [-0.25, -0.2) is 0 Å². The number of hydrogen-bond donors (Lipinski definition) is 3. The van der Waals surface area contributed by atoms with Crippen molar-refractivity contribution in [2.24, 2.45) is 0 Å². The van der Waals surface area contributed by atoms with Gasteiger partial charge in [0.25, 0.3) is 0 Å². The third-order valence-corrected chi connectivity index (χ3v) is 6.62. The quantitative estimate of drug-likeness (QED) is 0.233. The molecule has 1 heterocycles. The summed E-state index contributed by atoms with van der Waals surface area (Å²) >= 11 is 1.25. The second-order valence-corrected chi connectivity index (χ2v) is 9.10. The number of pyridine rings is 1. The first-order chi connectivity index (χ1) is 15.4. The standard InChI is InChI=1S/C25H33NO5S/c1-18(25(30)31)23-20(24(21(27)17-26-23)32-16-15-22(28)29)14-10-5-3-2-4-7-11-19-12-8-6-9-13-19/h6,8-9,12-13,17-18,27H,2-5,7,10-11,14-16H2,1H3,(H,28,29)(H,30,31). The number of aromatic nitrogens is 1. The highest BCUT2D eigenvalue weighted by Gasteiger charge is 2.23. The summed E-state index contributed by atoms with van der Waals surface area (Å²) in [4.78, 5) is 27.2. The van der Waals surface area contributed by atoms with Gasteiger partial charge >= 0.3 is 11.9 Å². The van der Waals surface area contributed by atoms with E-state index in [2.05, 4.69) is 29.2 Å². The number of carboxylic acids is 2. The number of aryl methyl sites for hydroxylation is 1. The highest BCUT2D eigenvalue weighted by Crippen LogP contribution is 2.36. The van der Waals surface area contributed by atoms with Crippen LogP contribution in [0.15, 0.2) is 41.4 Å². The Hall–Kier alpha value is -2.54. The van der Waals surface area contributed by atoms with Crippen LogP contribution in [0.4, 0.5) is 0 Å². The molecule has 1 unspecified atom stereocenters. The van der Waals surface area contributed by atoms with E-state index in [1.54, 1.807) is 6.92 Å². The van der Waals surface area contributed by atoms with Crippen molar-refractivity contribution in [2.75, 3.05) is 5.75 Å². The molecule has 2 rings (SSSR count). The lowest BCUT2D eigenvalue weighted by molar-refractivity contribution is -0.138. The minimum Gasteiger partial charge on any atom is -0.505 e. The molecular formula is C25H33NO5S. The van der Waals surface area contributed by atoms with Crippen LogP contribution >= 0.6 is 11.8 Å². The Morgan fingerprint density at radius 3 is 2.22 bits per heavy atom. The molecule has 2 aromatic rings. The molecule has 0 aliphatic carbocycles. The summed E-state index contributed by atoms with van der Waals surface area (Å²) in [5.74, 6) is -2.37. The molecule has 0 saturated heterocycles. The van der Waals surface area contributed by atoms with E-state index in [0.29, 0.717) is 22.8 Å².